The first-order valence-electron chi connectivity index (χ1n) is 8.10. The van der Waals surface area contributed by atoms with Crippen LogP contribution in [-0.2, 0) is 16.6 Å². The summed E-state index contributed by atoms with van der Waals surface area (Å²) in [7, 11) is 4.99. The lowest BCUT2D eigenvalue weighted by Crippen LogP contribution is -2.13. The average Bonchev–Trinajstić information content (AvgIpc) is 2.91. The van der Waals surface area contributed by atoms with Crippen LogP contribution in [0.5, 0.6) is 11.5 Å². The van der Waals surface area contributed by atoms with Crippen molar-refractivity contribution in [3.05, 3.63) is 52.9 Å². The molecule has 0 N–H and O–H groups in total. The number of aryl methyl sites for hydroxylation is 1. The zero-order valence-corrected chi connectivity index (χ0v) is 15.7. The van der Waals surface area contributed by atoms with Gasteiger partial charge < -0.3 is 18.8 Å². The molecule has 0 radical (unpaired) electrons. The van der Waals surface area contributed by atoms with Crippen LogP contribution in [0.3, 0.4) is 0 Å². The van der Waals surface area contributed by atoms with Gasteiger partial charge in [0.05, 0.1) is 14.2 Å². The number of aromatic nitrogens is 1. The van der Waals surface area contributed by atoms with E-state index in [1.165, 1.54) is 13.2 Å². The summed E-state index contributed by atoms with van der Waals surface area (Å²) in [5, 5.41) is 0. The van der Waals surface area contributed by atoms with E-state index in [1.54, 1.807) is 37.5 Å². The van der Waals surface area contributed by atoms with Crippen molar-refractivity contribution in [3.8, 4) is 11.5 Å². The van der Waals surface area contributed by atoms with Crippen LogP contribution < -0.4 is 9.47 Å². The van der Waals surface area contributed by atoms with Crippen LogP contribution in [0.4, 0.5) is 0 Å². The lowest BCUT2D eigenvalue weighted by atomic mass is 10.1. The van der Waals surface area contributed by atoms with Gasteiger partial charge in [-0.05, 0) is 38.1 Å². The number of methoxy groups -OCH3 is 2. The maximum absolute atomic E-state index is 12.2. The highest BCUT2D eigenvalue weighted by atomic mass is 16.5. The van der Waals surface area contributed by atoms with Gasteiger partial charge in [-0.15, -0.1) is 0 Å². The monoisotopic (exact) mass is 357 g/mol. The number of ketones is 1. The largest absolute Gasteiger partial charge is 0.497 e. The maximum Gasteiger partial charge on any atom is 0.331 e. The van der Waals surface area contributed by atoms with Crippen molar-refractivity contribution in [1.29, 1.82) is 0 Å². The summed E-state index contributed by atoms with van der Waals surface area (Å²) >= 11 is 0. The van der Waals surface area contributed by atoms with Gasteiger partial charge in [-0.3, -0.25) is 4.79 Å². The van der Waals surface area contributed by atoms with Crippen molar-refractivity contribution < 1.29 is 23.8 Å². The first kappa shape index (κ1) is 19.3. The number of hydrogen-bond acceptors (Lipinski definition) is 5. The Morgan fingerprint density at radius 3 is 2.42 bits per heavy atom. The molecular formula is C20H23NO5. The van der Waals surface area contributed by atoms with Crippen molar-refractivity contribution in [3.63, 3.8) is 0 Å². The minimum atomic E-state index is -0.596. The third kappa shape index (κ3) is 4.33. The predicted octanol–water partition coefficient (Wildman–Crippen LogP) is 3.10. The summed E-state index contributed by atoms with van der Waals surface area (Å²) in [6, 6.07) is 7.04. The molecule has 2 rings (SSSR count). The molecular weight excluding hydrogens is 334 g/mol. The molecule has 1 aromatic carbocycles. The molecule has 1 aromatic heterocycles. The highest BCUT2D eigenvalue weighted by Crippen LogP contribution is 2.25. The summed E-state index contributed by atoms with van der Waals surface area (Å²) < 4.78 is 17.4. The normalized spacial score (nSPS) is 10.8. The SMILES string of the molecule is COc1ccc(C=CC(=O)OCC(=O)c2cc(C)n(C)c2C)c(OC)c1. The number of esters is 1. The van der Waals surface area contributed by atoms with Crippen LogP contribution in [0.15, 0.2) is 30.3 Å². The Balaban J connectivity index is 1.99. The van der Waals surface area contributed by atoms with Crippen molar-refractivity contribution >= 4 is 17.8 Å². The molecule has 6 nitrogen and oxygen atoms in total. The van der Waals surface area contributed by atoms with Gasteiger partial charge in [0.2, 0.25) is 5.78 Å². The number of benzene rings is 1. The molecule has 1 heterocycles. The van der Waals surface area contributed by atoms with Crippen LogP contribution >= 0.6 is 0 Å². The topological polar surface area (TPSA) is 66.8 Å². The second kappa shape index (κ2) is 8.38. The molecule has 0 amide bonds. The van der Waals surface area contributed by atoms with Gasteiger partial charge in [-0.2, -0.15) is 0 Å². The Morgan fingerprint density at radius 2 is 1.85 bits per heavy atom. The molecule has 0 fully saturated rings. The van der Waals surface area contributed by atoms with E-state index in [1.807, 2.05) is 25.5 Å². The number of Topliss-reactive ketones (excluding diaryl/α,β-unsaturated/α-hetero) is 1. The average molecular weight is 357 g/mol. The van der Waals surface area contributed by atoms with Crippen LogP contribution in [0.25, 0.3) is 6.08 Å². The second-order valence-electron chi connectivity index (χ2n) is 5.82. The first-order chi connectivity index (χ1) is 12.4. The maximum atomic E-state index is 12.2. The third-order valence-corrected chi connectivity index (χ3v) is 4.26. The Kier molecular flexibility index (Phi) is 6.22. The smallest absolute Gasteiger partial charge is 0.331 e. The fourth-order valence-electron chi connectivity index (χ4n) is 2.51. The Morgan fingerprint density at radius 1 is 1.12 bits per heavy atom. The molecule has 0 unspecified atom stereocenters. The van der Waals surface area contributed by atoms with Crippen molar-refractivity contribution in [2.75, 3.05) is 20.8 Å². The summed E-state index contributed by atoms with van der Waals surface area (Å²) in [6.45, 7) is 3.48. The Labute approximate surface area is 153 Å². The van der Waals surface area contributed by atoms with E-state index < -0.39 is 5.97 Å². The van der Waals surface area contributed by atoms with Crippen molar-refractivity contribution in [2.24, 2.45) is 7.05 Å². The third-order valence-electron chi connectivity index (χ3n) is 4.26. The van der Waals surface area contributed by atoms with Crippen molar-refractivity contribution in [2.45, 2.75) is 13.8 Å². The lowest BCUT2D eigenvalue weighted by Gasteiger charge is -2.07. The Hall–Kier alpha value is -3.02. The van der Waals surface area contributed by atoms with Crippen LogP contribution in [-0.4, -0.2) is 37.1 Å². The van der Waals surface area contributed by atoms with Gasteiger partial charge in [0.25, 0.3) is 0 Å². The molecule has 0 atom stereocenters. The molecule has 2 aromatic rings. The van der Waals surface area contributed by atoms with E-state index in [-0.39, 0.29) is 12.4 Å². The molecule has 0 saturated heterocycles. The zero-order valence-electron chi connectivity index (χ0n) is 15.7. The van der Waals surface area contributed by atoms with Gasteiger partial charge in [-0.1, -0.05) is 0 Å². The zero-order chi connectivity index (χ0) is 19.3. The van der Waals surface area contributed by atoms with Crippen LogP contribution in [0.1, 0.15) is 27.3 Å². The molecule has 6 heteroatoms. The molecule has 0 saturated carbocycles. The number of carbonyl (C=O) groups is 2. The Bertz CT molecular complexity index is 848. The van der Waals surface area contributed by atoms with Gasteiger partial charge in [0.15, 0.2) is 6.61 Å². The van der Waals surface area contributed by atoms with E-state index in [4.69, 9.17) is 14.2 Å². The van der Waals surface area contributed by atoms with Gasteiger partial charge >= 0.3 is 5.97 Å². The molecule has 0 spiro atoms. The van der Waals surface area contributed by atoms with Crippen LogP contribution in [0, 0.1) is 13.8 Å². The predicted molar refractivity (Wildman–Crippen MR) is 98.8 cm³/mol. The fourth-order valence-corrected chi connectivity index (χ4v) is 2.51. The summed E-state index contributed by atoms with van der Waals surface area (Å²) in [5.74, 6) is 0.400. The quantitative estimate of drug-likeness (QED) is 0.433. The number of rotatable bonds is 7. The van der Waals surface area contributed by atoms with Gasteiger partial charge in [-0.25, -0.2) is 4.79 Å². The summed E-state index contributed by atoms with van der Waals surface area (Å²) in [5.41, 5.74) is 3.09. The molecule has 0 bridgehead atoms. The van der Waals surface area contributed by atoms with E-state index in [2.05, 4.69) is 0 Å². The van der Waals surface area contributed by atoms with E-state index in [0.717, 1.165) is 11.4 Å². The van der Waals surface area contributed by atoms with E-state index >= 15 is 0 Å². The minimum Gasteiger partial charge on any atom is -0.497 e. The number of ether oxygens (including phenoxy) is 3. The van der Waals surface area contributed by atoms with E-state index in [0.29, 0.717) is 22.6 Å². The number of carbonyl (C=O) groups excluding carboxylic acids is 2. The molecule has 0 aliphatic heterocycles. The molecule has 26 heavy (non-hydrogen) atoms. The number of hydrogen-bond donors (Lipinski definition) is 0. The standard InChI is InChI=1S/C20H23NO5/c1-13-10-17(14(2)21(13)3)18(22)12-26-20(23)9-7-15-6-8-16(24-4)11-19(15)25-5/h6-11H,12H2,1-5H3. The first-order valence-corrected chi connectivity index (χ1v) is 8.10. The highest BCUT2D eigenvalue weighted by Gasteiger charge is 2.15. The molecule has 138 valence electrons. The highest BCUT2D eigenvalue weighted by molar-refractivity contribution is 6.00. The summed E-state index contributed by atoms with van der Waals surface area (Å²) in [4.78, 5) is 24.1. The van der Waals surface area contributed by atoms with E-state index in [9.17, 15) is 9.59 Å². The summed E-state index contributed by atoms with van der Waals surface area (Å²) in [6.07, 6.45) is 2.84. The van der Waals surface area contributed by atoms with Crippen LogP contribution in [0.2, 0.25) is 0 Å². The van der Waals surface area contributed by atoms with Crippen molar-refractivity contribution in [1.82, 2.24) is 4.57 Å². The molecule has 0 aliphatic carbocycles. The fraction of sp³-hybridized carbons (Fsp3) is 0.300. The molecule has 0 aliphatic rings. The van der Waals surface area contributed by atoms with Gasteiger partial charge in [0.1, 0.15) is 11.5 Å². The van der Waals surface area contributed by atoms with Gasteiger partial charge in [0, 0.05) is 41.7 Å². The lowest BCUT2D eigenvalue weighted by molar-refractivity contribution is -0.136. The minimum absolute atomic E-state index is 0.227. The second-order valence-corrected chi connectivity index (χ2v) is 5.82. The number of nitrogens with zero attached hydrogens (tertiary/aromatic N) is 1.